The van der Waals surface area contributed by atoms with E-state index in [1.807, 2.05) is 36.4 Å². The van der Waals surface area contributed by atoms with E-state index in [4.69, 9.17) is 9.47 Å². The topological polar surface area (TPSA) is 52.6 Å². The number of esters is 2. The Kier molecular flexibility index (Phi) is 6.50. The average molecular weight is 477 g/mol. The number of benzene rings is 4. The second kappa shape index (κ2) is 10.2. The van der Waals surface area contributed by atoms with Crippen molar-refractivity contribution in [1.29, 1.82) is 0 Å². The van der Waals surface area contributed by atoms with Gasteiger partial charge in [0.2, 0.25) is 0 Å². The lowest BCUT2D eigenvalue weighted by Gasteiger charge is -2.06. The van der Waals surface area contributed by atoms with Crippen LogP contribution in [-0.4, -0.2) is 11.9 Å². The summed E-state index contributed by atoms with van der Waals surface area (Å²) in [4.78, 5) is 26.7. The molecule has 0 aliphatic heterocycles. The summed E-state index contributed by atoms with van der Waals surface area (Å²) >= 11 is 1.66. The van der Waals surface area contributed by atoms with Crippen LogP contribution in [0.4, 0.5) is 0 Å². The lowest BCUT2D eigenvalue weighted by atomic mass is 10.1. The van der Waals surface area contributed by atoms with Gasteiger partial charge in [-0.25, -0.2) is 9.59 Å². The Morgan fingerprint density at radius 1 is 0.457 bits per heavy atom. The van der Waals surface area contributed by atoms with Crippen molar-refractivity contribution >= 4 is 23.3 Å². The van der Waals surface area contributed by atoms with Gasteiger partial charge in [0.25, 0.3) is 0 Å². The first-order valence-electron chi connectivity index (χ1n) is 11.0. The summed E-state index contributed by atoms with van der Waals surface area (Å²) in [5, 5.41) is 0. The molecule has 0 aliphatic carbocycles. The molecule has 0 amide bonds. The van der Waals surface area contributed by atoms with Crippen LogP contribution in [0.5, 0.6) is 11.5 Å². The first-order valence-corrected chi connectivity index (χ1v) is 11.8. The van der Waals surface area contributed by atoms with E-state index in [9.17, 15) is 9.59 Å². The molecule has 35 heavy (non-hydrogen) atoms. The molecule has 0 aliphatic rings. The molecule has 0 bridgehead atoms. The second-order valence-corrected chi connectivity index (χ2v) is 8.81. The van der Waals surface area contributed by atoms with Crippen molar-refractivity contribution in [2.24, 2.45) is 0 Å². The predicted molar refractivity (Wildman–Crippen MR) is 138 cm³/mol. The fourth-order valence-corrected chi connectivity index (χ4v) is 4.52. The molecule has 5 aromatic rings. The molecule has 170 valence electrons. The lowest BCUT2D eigenvalue weighted by Crippen LogP contribution is -2.07. The minimum absolute atomic E-state index is 0.380. The van der Waals surface area contributed by atoms with Crippen LogP contribution in [0.15, 0.2) is 121 Å². The van der Waals surface area contributed by atoms with E-state index >= 15 is 0 Å². The second-order valence-electron chi connectivity index (χ2n) is 7.72. The van der Waals surface area contributed by atoms with Gasteiger partial charge in [0, 0.05) is 9.75 Å². The number of carbonyl (C=O) groups is 2. The number of hydrogen-bond donors (Lipinski definition) is 0. The Labute approximate surface area is 207 Å². The molecule has 0 spiro atoms. The zero-order chi connectivity index (χ0) is 24.0. The minimum atomic E-state index is -0.380. The van der Waals surface area contributed by atoms with Gasteiger partial charge in [-0.1, -0.05) is 36.4 Å². The standard InChI is InChI=1S/C30H20O4S/c31-29(23-7-3-1-4-8-23)33-25-15-11-21(12-16-25)27-19-20-28(35-27)22-13-17-26(18-14-22)34-30(32)24-9-5-2-6-10-24/h1-20H. The SMILES string of the molecule is O=C(Oc1ccc(-c2ccc(-c3ccc(OC(=O)c4ccccc4)cc3)s2)cc1)c1ccccc1. The lowest BCUT2D eigenvalue weighted by molar-refractivity contribution is 0.0725. The van der Waals surface area contributed by atoms with E-state index in [1.165, 1.54) is 0 Å². The van der Waals surface area contributed by atoms with Gasteiger partial charge in [-0.15, -0.1) is 11.3 Å². The summed E-state index contributed by atoms with van der Waals surface area (Å²) in [7, 11) is 0. The zero-order valence-corrected chi connectivity index (χ0v) is 19.4. The Bertz CT molecular complexity index is 1330. The number of hydrogen-bond acceptors (Lipinski definition) is 5. The molecule has 0 atom stereocenters. The molecule has 4 nitrogen and oxygen atoms in total. The van der Waals surface area contributed by atoms with Crippen LogP contribution in [0.2, 0.25) is 0 Å². The van der Waals surface area contributed by atoms with Crippen molar-refractivity contribution in [1.82, 2.24) is 0 Å². The van der Waals surface area contributed by atoms with Gasteiger partial charge in [-0.3, -0.25) is 0 Å². The van der Waals surface area contributed by atoms with E-state index in [0.717, 1.165) is 20.9 Å². The highest BCUT2D eigenvalue weighted by atomic mass is 32.1. The van der Waals surface area contributed by atoms with Crippen molar-refractivity contribution in [3.05, 3.63) is 132 Å². The monoisotopic (exact) mass is 476 g/mol. The molecular weight excluding hydrogens is 456 g/mol. The summed E-state index contributed by atoms with van der Waals surface area (Å²) in [6.07, 6.45) is 0. The Hall–Kier alpha value is -4.48. The molecule has 0 saturated heterocycles. The summed E-state index contributed by atoms with van der Waals surface area (Å²) in [6.45, 7) is 0. The number of ether oxygens (including phenoxy) is 2. The van der Waals surface area contributed by atoms with Gasteiger partial charge in [0.05, 0.1) is 11.1 Å². The predicted octanol–water partition coefficient (Wildman–Crippen LogP) is 7.52. The smallest absolute Gasteiger partial charge is 0.343 e. The molecule has 4 aromatic carbocycles. The Morgan fingerprint density at radius 3 is 1.20 bits per heavy atom. The number of rotatable bonds is 6. The van der Waals surface area contributed by atoms with Crippen molar-refractivity contribution in [3.63, 3.8) is 0 Å². The van der Waals surface area contributed by atoms with Crippen LogP contribution in [0, 0.1) is 0 Å². The third-order valence-electron chi connectivity index (χ3n) is 5.32. The average Bonchev–Trinajstić information content (AvgIpc) is 3.41. The fraction of sp³-hybridized carbons (Fsp3) is 0. The molecule has 1 aromatic heterocycles. The zero-order valence-electron chi connectivity index (χ0n) is 18.6. The molecule has 0 unspecified atom stereocenters. The molecule has 5 heteroatoms. The minimum Gasteiger partial charge on any atom is -0.423 e. The van der Waals surface area contributed by atoms with E-state index in [0.29, 0.717) is 22.6 Å². The fourth-order valence-electron chi connectivity index (χ4n) is 3.50. The van der Waals surface area contributed by atoms with Crippen LogP contribution >= 0.6 is 11.3 Å². The van der Waals surface area contributed by atoms with E-state index in [2.05, 4.69) is 12.1 Å². The summed E-state index contributed by atoms with van der Waals surface area (Å²) in [6, 6.07) is 36.9. The normalized spacial score (nSPS) is 10.5. The molecule has 0 N–H and O–H groups in total. The Morgan fingerprint density at radius 2 is 0.829 bits per heavy atom. The molecule has 0 radical (unpaired) electrons. The van der Waals surface area contributed by atoms with Gasteiger partial charge >= 0.3 is 11.9 Å². The molecular formula is C30H20O4S. The Balaban J connectivity index is 1.24. The quantitative estimate of drug-likeness (QED) is 0.188. The highest BCUT2D eigenvalue weighted by Crippen LogP contribution is 2.35. The third kappa shape index (κ3) is 5.37. The largest absolute Gasteiger partial charge is 0.423 e. The van der Waals surface area contributed by atoms with Crippen molar-refractivity contribution in [2.75, 3.05) is 0 Å². The first-order chi connectivity index (χ1) is 17.2. The molecule has 5 rings (SSSR count). The maximum atomic E-state index is 12.2. The van der Waals surface area contributed by atoms with Crippen molar-refractivity contribution < 1.29 is 19.1 Å². The molecule has 0 fully saturated rings. The first kappa shape index (κ1) is 22.3. The van der Waals surface area contributed by atoms with E-state index in [1.54, 1.807) is 84.1 Å². The molecule has 1 heterocycles. The summed E-state index contributed by atoms with van der Waals surface area (Å²) in [5.41, 5.74) is 3.10. The van der Waals surface area contributed by atoms with E-state index < -0.39 is 0 Å². The maximum Gasteiger partial charge on any atom is 0.343 e. The van der Waals surface area contributed by atoms with Gasteiger partial charge in [-0.2, -0.15) is 0 Å². The van der Waals surface area contributed by atoms with Gasteiger partial charge in [-0.05, 0) is 96.1 Å². The summed E-state index contributed by atoms with van der Waals surface area (Å²) in [5.74, 6) is 0.240. The van der Waals surface area contributed by atoms with Gasteiger partial charge in [0.15, 0.2) is 0 Å². The van der Waals surface area contributed by atoms with Crippen LogP contribution in [-0.2, 0) is 0 Å². The van der Waals surface area contributed by atoms with Gasteiger partial charge in [0.1, 0.15) is 11.5 Å². The van der Waals surface area contributed by atoms with Crippen molar-refractivity contribution in [3.8, 4) is 32.4 Å². The maximum absolute atomic E-state index is 12.2. The van der Waals surface area contributed by atoms with Crippen LogP contribution in [0.25, 0.3) is 20.9 Å². The molecule has 0 saturated carbocycles. The van der Waals surface area contributed by atoms with E-state index in [-0.39, 0.29) is 11.9 Å². The van der Waals surface area contributed by atoms with Crippen LogP contribution in [0.3, 0.4) is 0 Å². The number of thiophene rings is 1. The van der Waals surface area contributed by atoms with Crippen molar-refractivity contribution in [2.45, 2.75) is 0 Å². The third-order valence-corrected chi connectivity index (χ3v) is 6.51. The van der Waals surface area contributed by atoms with Gasteiger partial charge < -0.3 is 9.47 Å². The van der Waals surface area contributed by atoms with Crippen LogP contribution in [0.1, 0.15) is 20.7 Å². The highest BCUT2D eigenvalue weighted by molar-refractivity contribution is 7.18. The number of carbonyl (C=O) groups excluding carboxylic acids is 2. The summed E-state index contributed by atoms with van der Waals surface area (Å²) < 4.78 is 10.9. The van der Waals surface area contributed by atoms with Crippen LogP contribution < -0.4 is 9.47 Å². The highest BCUT2D eigenvalue weighted by Gasteiger charge is 2.11.